The van der Waals surface area contributed by atoms with Gasteiger partial charge in [-0.15, -0.1) is 0 Å². The summed E-state index contributed by atoms with van der Waals surface area (Å²) in [5, 5.41) is 11.4. The Bertz CT molecular complexity index is 519. The minimum atomic E-state index is -1.24. The van der Waals surface area contributed by atoms with E-state index in [-0.39, 0.29) is 11.5 Å². The van der Waals surface area contributed by atoms with Crippen molar-refractivity contribution in [2.24, 2.45) is 0 Å². The summed E-state index contributed by atoms with van der Waals surface area (Å²) < 4.78 is 1.67. The minimum absolute atomic E-state index is 0.0628. The highest BCUT2D eigenvalue weighted by atomic mass is 16.4. The Morgan fingerprint density at radius 3 is 2.67 bits per heavy atom. The van der Waals surface area contributed by atoms with Gasteiger partial charge in [0.15, 0.2) is 5.43 Å². The van der Waals surface area contributed by atoms with Crippen molar-refractivity contribution in [2.45, 2.75) is 26.3 Å². The van der Waals surface area contributed by atoms with Crippen LogP contribution in [0.2, 0.25) is 0 Å². The molecule has 98 valence electrons. The van der Waals surface area contributed by atoms with E-state index >= 15 is 0 Å². The zero-order chi connectivity index (χ0) is 13.7. The standard InChI is InChI=1S/C12H16N2O4/c1-8-6-10(15)9(12(17)18)7-14(8)5-3-4-11(16)13-2/h6-7H,3-5H2,1-2H3,(H,13,16)(H,17,18). The third kappa shape index (κ3) is 3.44. The monoisotopic (exact) mass is 252 g/mol. The number of carbonyl (C=O) groups excluding carboxylic acids is 1. The molecular formula is C12H16N2O4. The van der Waals surface area contributed by atoms with Crippen LogP contribution >= 0.6 is 0 Å². The maximum Gasteiger partial charge on any atom is 0.341 e. The molecule has 0 unspecified atom stereocenters. The molecule has 0 fully saturated rings. The Balaban J connectivity index is 2.83. The number of aryl methyl sites for hydroxylation is 2. The molecule has 2 N–H and O–H groups in total. The summed E-state index contributed by atoms with van der Waals surface area (Å²) in [5.41, 5.74) is -0.0648. The fourth-order valence-electron chi connectivity index (χ4n) is 1.61. The van der Waals surface area contributed by atoms with E-state index in [1.54, 1.807) is 18.5 Å². The number of carboxylic acids is 1. The van der Waals surface area contributed by atoms with Gasteiger partial charge >= 0.3 is 5.97 Å². The van der Waals surface area contributed by atoms with Gasteiger partial charge in [-0.3, -0.25) is 9.59 Å². The van der Waals surface area contributed by atoms with Crippen LogP contribution in [-0.4, -0.2) is 28.6 Å². The van der Waals surface area contributed by atoms with Crippen molar-refractivity contribution >= 4 is 11.9 Å². The van der Waals surface area contributed by atoms with E-state index in [1.807, 2.05) is 0 Å². The van der Waals surface area contributed by atoms with Crippen LogP contribution in [0.1, 0.15) is 28.9 Å². The molecule has 0 atom stereocenters. The third-order valence-electron chi connectivity index (χ3n) is 2.66. The van der Waals surface area contributed by atoms with Gasteiger partial charge in [0.05, 0.1) is 0 Å². The third-order valence-corrected chi connectivity index (χ3v) is 2.66. The van der Waals surface area contributed by atoms with Gasteiger partial charge < -0.3 is 15.0 Å². The van der Waals surface area contributed by atoms with Gasteiger partial charge in [0.1, 0.15) is 5.56 Å². The van der Waals surface area contributed by atoms with Crippen LogP contribution < -0.4 is 10.7 Å². The minimum Gasteiger partial charge on any atom is -0.477 e. The van der Waals surface area contributed by atoms with E-state index in [1.165, 1.54) is 12.3 Å². The SMILES string of the molecule is CNC(=O)CCCn1cc(C(=O)O)c(=O)cc1C. The molecule has 6 heteroatoms. The first-order chi connectivity index (χ1) is 8.45. The van der Waals surface area contributed by atoms with Crippen LogP contribution in [0.4, 0.5) is 0 Å². The second-order valence-corrected chi connectivity index (χ2v) is 3.97. The van der Waals surface area contributed by atoms with E-state index in [4.69, 9.17) is 5.11 Å². The predicted molar refractivity (Wildman–Crippen MR) is 65.7 cm³/mol. The number of amides is 1. The lowest BCUT2D eigenvalue weighted by atomic mass is 10.2. The van der Waals surface area contributed by atoms with E-state index < -0.39 is 11.4 Å². The Hall–Kier alpha value is -2.11. The molecule has 0 aliphatic carbocycles. The maximum absolute atomic E-state index is 11.4. The number of hydrogen-bond acceptors (Lipinski definition) is 3. The molecule has 0 aliphatic heterocycles. The summed E-state index contributed by atoms with van der Waals surface area (Å²) >= 11 is 0. The fraction of sp³-hybridized carbons (Fsp3) is 0.417. The molecule has 1 amide bonds. The van der Waals surface area contributed by atoms with Gasteiger partial charge in [-0.1, -0.05) is 0 Å². The highest BCUT2D eigenvalue weighted by Gasteiger charge is 2.10. The predicted octanol–water partition coefficient (Wildman–Crippen LogP) is 0.381. The number of aromatic nitrogens is 1. The molecular weight excluding hydrogens is 236 g/mol. The average Bonchev–Trinajstić information content (AvgIpc) is 2.31. The summed E-state index contributed by atoms with van der Waals surface area (Å²) in [6, 6.07) is 1.29. The molecule has 0 bridgehead atoms. The number of nitrogens with zero attached hydrogens (tertiary/aromatic N) is 1. The number of carbonyl (C=O) groups is 2. The number of rotatable bonds is 5. The number of hydrogen-bond donors (Lipinski definition) is 2. The van der Waals surface area contributed by atoms with Crippen molar-refractivity contribution in [2.75, 3.05) is 7.05 Å². The number of aromatic carboxylic acids is 1. The molecule has 0 radical (unpaired) electrons. The molecule has 0 saturated heterocycles. The van der Waals surface area contributed by atoms with Gasteiger partial charge in [0.25, 0.3) is 0 Å². The van der Waals surface area contributed by atoms with Crippen molar-refractivity contribution in [3.8, 4) is 0 Å². The van der Waals surface area contributed by atoms with Crippen LogP contribution in [0.3, 0.4) is 0 Å². The highest BCUT2D eigenvalue weighted by molar-refractivity contribution is 5.87. The highest BCUT2D eigenvalue weighted by Crippen LogP contribution is 2.03. The molecule has 0 aliphatic rings. The number of nitrogens with one attached hydrogen (secondary N) is 1. The first-order valence-corrected chi connectivity index (χ1v) is 5.60. The van der Waals surface area contributed by atoms with E-state index in [0.29, 0.717) is 25.1 Å². The van der Waals surface area contributed by atoms with Gasteiger partial charge in [0.2, 0.25) is 5.91 Å². The smallest absolute Gasteiger partial charge is 0.341 e. The molecule has 1 rings (SSSR count). The fourth-order valence-corrected chi connectivity index (χ4v) is 1.61. The molecule has 1 aromatic rings. The van der Waals surface area contributed by atoms with E-state index in [0.717, 1.165) is 0 Å². The van der Waals surface area contributed by atoms with Gasteiger partial charge in [-0.25, -0.2) is 4.79 Å². The van der Waals surface area contributed by atoms with E-state index in [9.17, 15) is 14.4 Å². The summed E-state index contributed by atoms with van der Waals surface area (Å²) in [6.45, 7) is 2.23. The van der Waals surface area contributed by atoms with Crippen molar-refractivity contribution < 1.29 is 14.7 Å². The molecule has 0 saturated carbocycles. The number of carboxylic acid groups (broad SMARTS) is 1. The summed E-state index contributed by atoms with van der Waals surface area (Å²) in [7, 11) is 1.56. The van der Waals surface area contributed by atoms with Crippen molar-refractivity contribution in [3.63, 3.8) is 0 Å². The van der Waals surface area contributed by atoms with Crippen LogP contribution in [0.15, 0.2) is 17.1 Å². The zero-order valence-electron chi connectivity index (χ0n) is 10.4. The average molecular weight is 252 g/mol. The molecule has 6 nitrogen and oxygen atoms in total. The Kier molecular flexibility index (Phi) is 4.65. The maximum atomic E-state index is 11.4. The lowest BCUT2D eigenvalue weighted by Gasteiger charge is -2.10. The second kappa shape index (κ2) is 6.00. The van der Waals surface area contributed by atoms with Gasteiger partial charge in [-0.2, -0.15) is 0 Å². The summed E-state index contributed by atoms with van der Waals surface area (Å²) in [4.78, 5) is 33.3. The summed E-state index contributed by atoms with van der Waals surface area (Å²) in [6.07, 6.45) is 2.27. The van der Waals surface area contributed by atoms with Crippen LogP contribution in [-0.2, 0) is 11.3 Å². The molecule has 1 aromatic heterocycles. The normalized spacial score (nSPS) is 10.1. The largest absolute Gasteiger partial charge is 0.477 e. The van der Waals surface area contributed by atoms with Crippen LogP contribution in [0.5, 0.6) is 0 Å². The lowest BCUT2D eigenvalue weighted by molar-refractivity contribution is -0.120. The molecule has 1 heterocycles. The quantitative estimate of drug-likeness (QED) is 0.793. The Labute approximate surface area is 104 Å². The zero-order valence-corrected chi connectivity index (χ0v) is 10.4. The van der Waals surface area contributed by atoms with Crippen molar-refractivity contribution in [1.82, 2.24) is 9.88 Å². The molecule has 0 spiro atoms. The lowest BCUT2D eigenvalue weighted by Crippen LogP contribution is -2.20. The van der Waals surface area contributed by atoms with Gasteiger partial charge in [-0.05, 0) is 13.3 Å². The summed E-state index contributed by atoms with van der Waals surface area (Å²) in [5.74, 6) is -1.30. The Morgan fingerprint density at radius 2 is 2.11 bits per heavy atom. The Morgan fingerprint density at radius 1 is 1.44 bits per heavy atom. The number of pyridine rings is 1. The second-order valence-electron chi connectivity index (χ2n) is 3.97. The topological polar surface area (TPSA) is 88.4 Å². The first kappa shape index (κ1) is 14.0. The van der Waals surface area contributed by atoms with Crippen LogP contribution in [0.25, 0.3) is 0 Å². The molecule has 18 heavy (non-hydrogen) atoms. The van der Waals surface area contributed by atoms with Crippen molar-refractivity contribution in [3.05, 3.63) is 33.7 Å². The molecule has 0 aromatic carbocycles. The van der Waals surface area contributed by atoms with E-state index in [2.05, 4.69) is 5.32 Å². The first-order valence-electron chi connectivity index (χ1n) is 5.60. The van der Waals surface area contributed by atoms with Crippen LogP contribution in [0, 0.1) is 6.92 Å². The van der Waals surface area contributed by atoms with Gasteiger partial charge in [0, 0.05) is 38.0 Å². The van der Waals surface area contributed by atoms with Crippen molar-refractivity contribution in [1.29, 1.82) is 0 Å².